The normalized spacial score (nSPS) is 12.8. The maximum absolute atomic E-state index is 12.1. The molecule has 3 N–H and O–H groups in total. The number of rotatable bonds is 5. The van der Waals surface area contributed by atoms with Crippen molar-refractivity contribution in [1.29, 1.82) is 0 Å². The van der Waals surface area contributed by atoms with Crippen LogP contribution in [0, 0.1) is 18.3 Å². The van der Waals surface area contributed by atoms with Gasteiger partial charge in [-0.25, -0.2) is 0 Å². The number of amides is 1. The van der Waals surface area contributed by atoms with Crippen LogP contribution < -0.4 is 5.32 Å². The molecule has 0 heterocycles. The molecule has 0 aliphatic rings. The molecule has 1 amide bonds. The van der Waals surface area contributed by atoms with E-state index in [1.165, 1.54) is 18.2 Å². The van der Waals surface area contributed by atoms with Crippen LogP contribution in [0.15, 0.2) is 18.2 Å². The minimum Gasteiger partial charge on any atom is -0.508 e. The minimum atomic E-state index is -0.910. The number of nitrogens with one attached hydrogen (secondary N) is 1. The molecule has 1 aromatic rings. The number of hydrogen-bond donors (Lipinski definition) is 3. The Labute approximate surface area is 125 Å². The minimum absolute atomic E-state index is 0.0890. The number of carboxylic acid groups (broad SMARTS) is 1. The lowest BCUT2D eigenvalue weighted by molar-refractivity contribution is -0.142. The second kappa shape index (κ2) is 6.61. The Morgan fingerprint density at radius 3 is 2.38 bits per heavy atom. The maximum Gasteiger partial charge on any atom is 0.308 e. The second-order valence-electron chi connectivity index (χ2n) is 6.51. The van der Waals surface area contributed by atoms with E-state index in [-0.39, 0.29) is 23.6 Å². The summed E-state index contributed by atoms with van der Waals surface area (Å²) >= 11 is 0. The van der Waals surface area contributed by atoms with E-state index in [1.807, 2.05) is 20.8 Å². The van der Waals surface area contributed by atoms with Gasteiger partial charge < -0.3 is 15.5 Å². The van der Waals surface area contributed by atoms with Gasteiger partial charge in [0.2, 0.25) is 0 Å². The molecule has 0 spiro atoms. The summed E-state index contributed by atoms with van der Waals surface area (Å²) in [5.74, 6) is -1.76. The zero-order chi connectivity index (χ0) is 16.2. The lowest BCUT2D eigenvalue weighted by Gasteiger charge is -2.23. The van der Waals surface area contributed by atoms with Gasteiger partial charge in [0.15, 0.2) is 0 Å². The van der Waals surface area contributed by atoms with Gasteiger partial charge in [0.25, 0.3) is 5.91 Å². The molecule has 1 unspecified atom stereocenters. The number of phenols is 1. The van der Waals surface area contributed by atoms with Gasteiger partial charge in [0.05, 0.1) is 5.92 Å². The zero-order valence-electron chi connectivity index (χ0n) is 12.9. The van der Waals surface area contributed by atoms with Crippen molar-refractivity contribution in [3.05, 3.63) is 29.3 Å². The average Bonchev–Trinajstić information content (AvgIpc) is 2.32. The SMILES string of the molecule is Cc1cc(O)ccc1C(=O)NCC(CC(C)(C)C)C(=O)O. The summed E-state index contributed by atoms with van der Waals surface area (Å²) < 4.78 is 0. The molecule has 0 aliphatic carbocycles. The molecule has 0 saturated heterocycles. The fourth-order valence-corrected chi connectivity index (χ4v) is 2.20. The van der Waals surface area contributed by atoms with Gasteiger partial charge in [0, 0.05) is 12.1 Å². The van der Waals surface area contributed by atoms with Crippen molar-refractivity contribution < 1.29 is 19.8 Å². The molecule has 1 atom stereocenters. The van der Waals surface area contributed by atoms with Crippen LogP contribution in [-0.4, -0.2) is 28.6 Å². The van der Waals surface area contributed by atoms with Crippen LogP contribution in [0.3, 0.4) is 0 Å². The Morgan fingerprint density at radius 1 is 1.29 bits per heavy atom. The molecule has 116 valence electrons. The van der Waals surface area contributed by atoms with E-state index in [2.05, 4.69) is 5.32 Å². The summed E-state index contributed by atoms with van der Waals surface area (Å²) in [6, 6.07) is 4.46. The Hall–Kier alpha value is -2.04. The summed E-state index contributed by atoms with van der Waals surface area (Å²) in [5, 5.41) is 21.2. The van der Waals surface area contributed by atoms with Gasteiger partial charge in [-0.2, -0.15) is 0 Å². The molecule has 5 nitrogen and oxygen atoms in total. The van der Waals surface area contributed by atoms with Crippen LogP contribution in [0.4, 0.5) is 0 Å². The number of carbonyl (C=O) groups is 2. The van der Waals surface area contributed by atoms with Crippen molar-refractivity contribution in [2.24, 2.45) is 11.3 Å². The highest BCUT2D eigenvalue weighted by molar-refractivity contribution is 5.96. The van der Waals surface area contributed by atoms with Crippen molar-refractivity contribution in [3.8, 4) is 5.75 Å². The summed E-state index contributed by atoms with van der Waals surface area (Å²) in [4.78, 5) is 23.3. The molecule has 1 rings (SSSR count). The monoisotopic (exact) mass is 293 g/mol. The van der Waals surface area contributed by atoms with Crippen molar-refractivity contribution in [3.63, 3.8) is 0 Å². The molecule has 0 aliphatic heterocycles. The number of phenolic OH excluding ortho intramolecular Hbond substituents is 1. The number of hydrogen-bond acceptors (Lipinski definition) is 3. The lowest BCUT2D eigenvalue weighted by atomic mass is 9.84. The topological polar surface area (TPSA) is 86.6 Å². The van der Waals surface area contributed by atoms with E-state index in [0.717, 1.165) is 0 Å². The van der Waals surface area contributed by atoms with Gasteiger partial charge in [0.1, 0.15) is 5.75 Å². The van der Waals surface area contributed by atoms with Gasteiger partial charge in [-0.05, 0) is 42.5 Å². The number of carbonyl (C=O) groups excluding carboxylic acids is 1. The quantitative estimate of drug-likeness (QED) is 0.778. The van der Waals surface area contributed by atoms with Crippen molar-refractivity contribution in [2.45, 2.75) is 34.1 Å². The van der Waals surface area contributed by atoms with Gasteiger partial charge in [-0.3, -0.25) is 9.59 Å². The van der Waals surface area contributed by atoms with Crippen molar-refractivity contribution in [1.82, 2.24) is 5.32 Å². The smallest absolute Gasteiger partial charge is 0.308 e. The first-order valence-electron chi connectivity index (χ1n) is 6.91. The van der Waals surface area contributed by atoms with Crippen LogP contribution in [-0.2, 0) is 4.79 Å². The number of aliphatic carboxylic acids is 1. The predicted octanol–water partition coefficient (Wildman–Crippen LogP) is 2.57. The fourth-order valence-electron chi connectivity index (χ4n) is 2.20. The van der Waals surface area contributed by atoms with E-state index < -0.39 is 11.9 Å². The van der Waals surface area contributed by atoms with E-state index in [1.54, 1.807) is 6.92 Å². The number of benzene rings is 1. The third kappa shape index (κ3) is 5.45. The van der Waals surface area contributed by atoms with Crippen LogP contribution in [0.1, 0.15) is 43.1 Å². The Kier molecular flexibility index (Phi) is 5.35. The molecule has 5 heteroatoms. The predicted molar refractivity (Wildman–Crippen MR) is 80.4 cm³/mol. The van der Waals surface area contributed by atoms with E-state index >= 15 is 0 Å². The summed E-state index contributed by atoms with van der Waals surface area (Å²) in [7, 11) is 0. The number of carboxylic acids is 1. The summed E-state index contributed by atoms with van der Waals surface area (Å²) in [6.07, 6.45) is 0.483. The highest BCUT2D eigenvalue weighted by atomic mass is 16.4. The van der Waals surface area contributed by atoms with Crippen LogP contribution in [0.2, 0.25) is 0 Å². The first kappa shape index (κ1) is 17.0. The fraction of sp³-hybridized carbons (Fsp3) is 0.500. The largest absolute Gasteiger partial charge is 0.508 e. The van der Waals surface area contributed by atoms with E-state index in [0.29, 0.717) is 17.5 Å². The van der Waals surface area contributed by atoms with Gasteiger partial charge in [-0.1, -0.05) is 20.8 Å². The molecule has 0 radical (unpaired) electrons. The van der Waals surface area contributed by atoms with Crippen LogP contribution in [0.5, 0.6) is 5.75 Å². The molecular weight excluding hydrogens is 270 g/mol. The summed E-state index contributed by atoms with van der Waals surface area (Å²) in [5.41, 5.74) is 0.963. The Balaban J connectivity index is 2.71. The molecule has 0 bridgehead atoms. The molecule has 21 heavy (non-hydrogen) atoms. The Bertz CT molecular complexity index is 532. The van der Waals surface area contributed by atoms with Crippen LogP contribution >= 0.6 is 0 Å². The highest BCUT2D eigenvalue weighted by Gasteiger charge is 2.25. The zero-order valence-corrected chi connectivity index (χ0v) is 12.9. The Morgan fingerprint density at radius 2 is 1.90 bits per heavy atom. The highest BCUT2D eigenvalue weighted by Crippen LogP contribution is 2.24. The first-order valence-corrected chi connectivity index (χ1v) is 6.91. The van der Waals surface area contributed by atoms with E-state index in [9.17, 15) is 19.8 Å². The lowest BCUT2D eigenvalue weighted by Crippen LogP contribution is -2.35. The molecular formula is C16H23NO4. The average molecular weight is 293 g/mol. The van der Waals surface area contributed by atoms with Gasteiger partial charge >= 0.3 is 5.97 Å². The van der Waals surface area contributed by atoms with Crippen molar-refractivity contribution >= 4 is 11.9 Å². The molecule has 1 aromatic carbocycles. The molecule has 0 fully saturated rings. The van der Waals surface area contributed by atoms with Gasteiger partial charge in [-0.15, -0.1) is 0 Å². The van der Waals surface area contributed by atoms with Crippen molar-refractivity contribution in [2.75, 3.05) is 6.54 Å². The molecule has 0 saturated carbocycles. The number of aromatic hydroxyl groups is 1. The van der Waals surface area contributed by atoms with Crippen LogP contribution in [0.25, 0.3) is 0 Å². The second-order valence-corrected chi connectivity index (χ2v) is 6.51. The third-order valence-electron chi connectivity index (χ3n) is 3.17. The van der Waals surface area contributed by atoms with E-state index in [4.69, 9.17) is 0 Å². The molecule has 0 aromatic heterocycles. The summed E-state index contributed by atoms with van der Waals surface area (Å²) in [6.45, 7) is 7.71. The maximum atomic E-state index is 12.1. The first-order chi connectivity index (χ1) is 9.60. The number of aryl methyl sites for hydroxylation is 1. The standard InChI is InChI=1S/C16H23NO4/c1-10-7-12(18)5-6-13(10)14(19)17-9-11(15(20)21)8-16(2,3)4/h5-7,11,18H,8-9H2,1-4H3,(H,17,19)(H,20,21). The third-order valence-corrected chi connectivity index (χ3v) is 3.17.